The second kappa shape index (κ2) is 10.9. The van der Waals surface area contributed by atoms with Crippen LogP contribution in [0.25, 0.3) is 0 Å². The van der Waals surface area contributed by atoms with E-state index in [2.05, 4.69) is 50.1 Å². The van der Waals surface area contributed by atoms with Crippen LogP contribution in [0.15, 0.2) is 71.7 Å². The van der Waals surface area contributed by atoms with Crippen molar-refractivity contribution in [3.8, 4) is 5.75 Å². The van der Waals surface area contributed by atoms with Crippen molar-refractivity contribution in [3.63, 3.8) is 0 Å². The lowest BCUT2D eigenvalue weighted by Crippen LogP contribution is -2.23. The van der Waals surface area contributed by atoms with Crippen molar-refractivity contribution in [3.05, 3.63) is 99.7 Å². The van der Waals surface area contributed by atoms with Gasteiger partial charge < -0.3 is 9.30 Å². The molecule has 0 saturated heterocycles. The summed E-state index contributed by atoms with van der Waals surface area (Å²) in [5.74, 6) is 0.236. The molecular formula is C26H31FN2O2. The van der Waals surface area contributed by atoms with Crippen LogP contribution in [-0.2, 0) is 19.6 Å². The third kappa shape index (κ3) is 6.53. The molecule has 1 aromatic heterocycles. The van der Waals surface area contributed by atoms with Crippen molar-refractivity contribution in [2.45, 2.75) is 45.9 Å². The summed E-state index contributed by atoms with van der Waals surface area (Å²) in [6.07, 6.45) is 3.69. The van der Waals surface area contributed by atoms with E-state index in [1.807, 2.05) is 0 Å². The van der Waals surface area contributed by atoms with E-state index in [4.69, 9.17) is 4.74 Å². The predicted molar refractivity (Wildman–Crippen MR) is 123 cm³/mol. The zero-order valence-corrected chi connectivity index (χ0v) is 18.6. The zero-order valence-electron chi connectivity index (χ0n) is 18.6. The molecule has 4 nitrogen and oxygen atoms in total. The van der Waals surface area contributed by atoms with Gasteiger partial charge in [0.1, 0.15) is 18.2 Å². The minimum Gasteiger partial charge on any atom is -0.489 e. The van der Waals surface area contributed by atoms with E-state index in [-0.39, 0.29) is 11.4 Å². The molecule has 2 aromatic carbocycles. The Morgan fingerprint density at radius 1 is 1.03 bits per heavy atom. The molecule has 3 aromatic rings. The number of pyridine rings is 1. The monoisotopic (exact) mass is 422 g/mol. The van der Waals surface area contributed by atoms with Gasteiger partial charge in [0.05, 0.1) is 0 Å². The number of nitrogens with zero attached hydrogens (tertiary/aromatic N) is 2. The van der Waals surface area contributed by atoms with Gasteiger partial charge in [-0.15, -0.1) is 0 Å². The fourth-order valence-corrected chi connectivity index (χ4v) is 3.52. The van der Waals surface area contributed by atoms with E-state index in [1.165, 1.54) is 29.3 Å². The molecule has 0 aliphatic heterocycles. The maximum absolute atomic E-state index is 13.0. The number of halogens is 1. The highest BCUT2D eigenvalue weighted by Crippen LogP contribution is 2.19. The lowest BCUT2D eigenvalue weighted by Gasteiger charge is -2.24. The van der Waals surface area contributed by atoms with E-state index in [9.17, 15) is 9.18 Å². The van der Waals surface area contributed by atoms with Gasteiger partial charge in [0.2, 0.25) is 0 Å². The predicted octanol–water partition coefficient (Wildman–Crippen LogP) is 5.21. The third-order valence-electron chi connectivity index (χ3n) is 5.63. The molecule has 0 saturated carbocycles. The van der Waals surface area contributed by atoms with Gasteiger partial charge >= 0.3 is 0 Å². The quantitative estimate of drug-likeness (QED) is 0.450. The maximum atomic E-state index is 13.0. The van der Waals surface area contributed by atoms with Crippen molar-refractivity contribution >= 4 is 0 Å². The number of rotatable bonds is 10. The van der Waals surface area contributed by atoms with Crippen LogP contribution in [0.1, 0.15) is 43.0 Å². The minimum absolute atomic E-state index is 0.0944. The van der Waals surface area contributed by atoms with Crippen molar-refractivity contribution < 1.29 is 9.13 Å². The lowest BCUT2D eigenvalue weighted by atomic mass is 10.0. The van der Waals surface area contributed by atoms with Crippen LogP contribution >= 0.6 is 0 Å². The van der Waals surface area contributed by atoms with Gasteiger partial charge in [-0.05, 0) is 68.2 Å². The molecule has 164 valence electrons. The topological polar surface area (TPSA) is 34.5 Å². The standard InChI is InChI=1S/C26H31FN2O2/c1-4-15-28(3)20(2)23-9-5-21(6-10-23)13-16-29-17-14-25(18-26(29)30)31-19-22-7-11-24(27)12-8-22/h5-12,14,17-18,20H,4,13,15-16,19H2,1-3H3. The second-order valence-corrected chi connectivity index (χ2v) is 7.96. The zero-order chi connectivity index (χ0) is 22.2. The third-order valence-corrected chi connectivity index (χ3v) is 5.63. The number of hydrogen-bond donors (Lipinski definition) is 0. The van der Waals surface area contributed by atoms with Gasteiger partial charge in [-0.3, -0.25) is 9.69 Å². The Balaban J connectivity index is 1.54. The number of aryl methyl sites for hydroxylation is 2. The largest absolute Gasteiger partial charge is 0.489 e. The SMILES string of the molecule is CCCN(C)C(C)c1ccc(CCn2ccc(OCc3ccc(F)cc3)cc2=O)cc1. The van der Waals surface area contributed by atoms with Gasteiger partial charge in [-0.2, -0.15) is 0 Å². The first-order chi connectivity index (χ1) is 15.0. The van der Waals surface area contributed by atoms with Gasteiger partial charge in [-0.1, -0.05) is 43.3 Å². The number of ether oxygens (including phenoxy) is 1. The van der Waals surface area contributed by atoms with Gasteiger partial charge in [0, 0.05) is 24.8 Å². The highest BCUT2D eigenvalue weighted by Gasteiger charge is 2.10. The van der Waals surface area contributed by atoms with Crippen molar-refractivity contribution in [2.75, 3.05) is 13.6 Å². The van der Waals surface area contributed by atoms with Crippen LogP contribution in [0.5, 0.6) is 5.75 Å². The highest BCUT2D eigenvalue weighted by atomic mass is 19.1. The summed E-state index contributed by atoms with van der Waals surface area (Å²) < 4.78 is 20.3. The molecule has 1 heterocycles. The van der Waals surface area contributed by atoms with E-state index in [1.54, 1.807) is 29.0 Å². The minimum atomic E-state index is -0.278. The van der Waals surface area contributed by atoms with Crippen molar-refractivity contribution in [1.82, 2.24) is 9.47 Å². The highest BCUT2D eigenvalue weighted by molar-refractivity contribution is 5.25. The summed E-state index contributed by atoms with van der Waals surface area (Å²) in [7, 11) is 2.15. The molecule has 0 aliphatic rings. The molecule has 0 aliphatic carbocycles. The Labute approximate surface area is 183 Å². The summed E-state index contributed by atoms with van der Waals surface area (Å²) in [6.45, 7) is 6.40. The van der Waals surface area contributed by atoms with Gasteiger partial charge in [0.25, 0.3) is 5.56 Å². The fraction of sp³-hybridized carbons (Fsp3) is 0.346. The number of hydrogen-bond acceptors (Lipinski definition) is 3. The number of aromatic nitrogens is 1. The molecule has 1 unspecified atom stereocenters. The Morgan fingerprint density at radius 3 is 2.35 bits per heavy atom. The van der Waals surface area contributed by atoms with E-state index in [0.717, 1.165) is 24.9 Å². The molecule has 1 atom stereocenters. The molecular weight excluding hydrogens is 391 g/mol. The Morgan fingerprint density at radius 2 is 1.71 bits per heavy atom. The van der Waals surface area contributed by atoms with Gasteiger partial charge in [0.15, 0.2) is 0 Å². The summed E-state index contributed by atoms with van der Waals surface area (Å²) in [4.78, 5) is 14.8. The summed E-state index contributed by atoms with van der Waals surface area (Å²) in [5, 5.41) is 0. The molecule has 5 heteroatoms. The smallest absolute Gasteiger partial charge is 0.254 e. The van der Waals surface area contributed by atoms with Crippen LogP contribution < -0.4 is 10.3 Å². The summed E-state index contributed by atoms with van der Waals surface area (Å²) >= 11 is 0. The first kappa shape index (κ1) is 22.8. The van der Waals surface area contributed by atoms with E-state index >= 15 is 0 Å². The first-order valence-electron chi connectivity index (χ1n) is 10.8. The van der Waals surface area contributed by atoms with Crippen LogP contribution in [-0.4, -0.2) is 23.1 Å². The normalized spacial score (nSPS) is 12.2. The van der Waals surface area contributed by atoms with Crippen LogP contribution in [0.4, 0.5) is 4.39 Å². The van der Waals surface area contributed by atoms with Crippen molar-refractivity contribution in [1.29, 1.82) is 0 Å². The molecule has 0 spiro atoms. The van der Waals surface area contributed by atoms with Crippen LogP contribution in [0.2, 0.25) is 0 Å². The number of benzene rings is 2. The Hall–Kier alpha value is -2.92. The lowest BCUT2D eigenvalue weighted by molar-refractivity contribution is 0.262. The Bertz CT molecular complexity index is 1010. The molecule has 3 rings (SSSR count). The summed E-state index contributed by atoms with van der Waals surface area (Å²) in [6, 6.07) is 18.5. The Kier molecular flexibility index (Phi) is 8.01. The van der Waals surface area contributed by atoms with Gasteiger partial charge in [-0.25, -0.2) is 4.39 Å². The second-order valence-electron chi connectivity index (χ2n) is 7.96. The molecule has 0 radical (unpaired) electrons. The maximum Gasteiger partial charge on any atom is 0.254 e. The molecule has 0 amide bonds. The summed E-state index contributed by atoms with van der Waals surface area (Å²) in [5.41, 5.74) is 3.27. The molecule has 31 heavy (non-hydrogen) atoms. The molecule has 0 bridgehead atoms. The van der Waals surface area contributed by atoms with Crippen LogP contribution in [0.3, 0.4) is 0 Å². The average Bonchev–Trinajstić information content (AvgIpc) is 2.78. The van der Waals surface area contributed by atoms with Crippen molar-refractivity contribution in [2.24, 2.45) is 0 Å². The molecule has 0 fully saturated rings. The van der Waals surface area contributed by atoms with E-state index in [0.29, 0.717) is 24.9 Å². The van der Waals surface area contributed by atoms with E-state index < -0.39 is 0 Å². The average molecular weight is 423 g/mol. The van der Waals surface area contributed by atoms with Crippen LogP contribution in [0, 0.1) is 5.82 Å². The fourth-order valence-electron chi connectivity index (χ4n) is 3.52. The molecule has 0 N–H and O–H groups in total. The first-order valence-corrected chi connectivity index (χ1v) is 10.8.